The Kier molecular flexibility index (Phi) is 5.71. The molecule has 1 aliphatic heterocycles. The van der Waals surface area contributed by atoms with Crippen LogP contribution in [0.5, 0.6) is 0 Å². The number of carbonyl (C=O) groups excluding carboxylic acids is 1. The lowest BCUT2D eigenvalue weighted by molar-refractivity contribution is 0.0685. The maximum absolute atomic E-state index is 13.2. The summed E-state index contributed by atoms with van der Waals surface area (Å²) in [5.74, 6) is 0.462. The summed E-state index contributed by atoms with van der Waals surface area (Å²) in [6.07, 6.45) is 3.27. The van der Waals surface area contributed by atoms with Gasteiger partial charge in [0.25, 0.3) is 5.91 Å². The Bertz CT molecular complexity index is 761. The van der Waals surface area contributed by atoms with Crippen LogP contribution in [0.25, 0.3) is 5.69 Å². The maximum Gasteiger partial charge on any atom is 0.257 e. The number of rotatable bonds is 5. The van der Waals surface area contributed by atoms with E-state index in [0.29, 0.717) is 17.2 Å². The summed E-state index contributed by atoms with van der Waals surface area (Å²) >= 11 is 0. The molecule has 0 aliphatic carbocycles. The van der Waals surface area contributed by atoms with Crippen LogP contribution in [0.15, 0.2) is 24.3 Å². The van der Waals surface area contributed by atoms with Crippen molar-refractivity contribution in [3.63, 3.8) is 0 Å². The smallest absolute Gasteiger partial charge is 0.257 e. The first-order chi connectivity index (χ1) is 12.5. The van der Waals surface area contributed by atoms with E-state index in [2.05, 4.69) is 10.4 Å². The monoisotopic (exact) mass is 358 g/mol. The quantitative estimate of drug-likeness (QED) is 0.894. The number of piperidine rings is 1. The van der Waals surface area contributed by atoms with Crippen LogP contribution in [-0.4, -0.2) is 47.3 Å². The molecule has 140 valence electrons. The summed E-state index contributed by atoms with van der Waals surface area (Å²) in [6, 6.07) is 6.17. The molecule has 0 unspecified atom stereocenters. The minimum Gasteiger partial charge on any atom is -0.339 e. The molecule has 0 bridgehead atoms. The third-order valence-corrected chi connectivity index (χ3v) is 5.28. The van der Waals surface area contributed by atoms with Crippen molar-refractivity contribution in [1.29, 1.82) is 0 Å². The van der Waals surface area contributed by atoms with Crippen molar-refractivity contribution in [2.24, 2.45) is 5.92 Å². The fraction of sp³-hybridized carbons (Fsp3) is 0.500. The van der Waals surface area contributed by atoms with Crippen LogP contribution in [0.3, 0.4) is 0 Å². The number of halogens is 1. The van der Waals surface area contributed by atoms with Crippen molar-refractivity contribution < 1.29 is 9.18 Å². The van der Waals surface area contributed by atoms with Gasteiger partial charge in [-0.15, -0.1) is 0 Å². The number of nitrogens with one attached hydrogen (secondary N) is 1. The minimum absolute atomic E-state index is 0.0560. The summed E-state index contributed by atoms with van der Waals surface area (Å²) in [5.41, 5.74) is 2.95. The van der Waals surface area contributed by atoms with E-state index in [-0.39, 0.29) is 11.7 Å². The highest BCUT2D eigenvalue weighted by atomic mass is 19.1. The molecule has 1 amide bonds. The zero-order valence-electron chi connectivity index (χ0n) is 15.8. The van der Waals surface area contributed by atoms with E-state index in [9.17, 15) is 9.18 Å². The van der Waals surface area contributed by atoms with Gasteiger partial charge < -0.3 is 10.2 Å². The van der Waals surface area contributed by atoms with E-state index in [0.717, 1.165) is 43.9 Å². The Balaban J connectivity index is 1.75. The van der Waals surface area contributed by atoms with Gasteiger partial charge in [0, 0.05) is 13.1 Å². The van der Waals surface area contributed by atoms with Crippen molar-refractivity contribution >= 4 is 5.91 Å². The molecule has 0 atom stereocenters. The number of nitrogens with zero attached hydrogens (tertiary/aromatic N) is 3. The van der Waals surface area contributed by atoms with Crippen molar-refractivity contribution in [3.8, 4) is 5.69 Å². The van der Waals surface area contributed by atoms with Crippen molar-refractivity contribution in [2.75, 3.05) is 26.7 Å². The molecule has 1 N–H and O–H groups in total. The second-order valence-electron chi connectivity index (χ2n) is 7.06. The Morgan fingerprint density at radius 2 is 1.88 bits per heavy atom. The summed E-state index contributed by atoms with van der Waals surface area (Å²) < 4.78 is 14.9. The summed E-state index contributed by atoms with van der Waals surface area (Å²) in [4.78, 5) is 15.0. The molecule has 1 saturated heterocycles. The second kappa shape index (κ2) is 7.99. The zero-order valence-corrected chi connectivity index (χ0v) is 15.8. The molecule has 2 aromatic rings. The molecule has 1 aromatic heterocycles. The summed E-state index contributed by atoms with van der Waals surface area (Å²) in [5, 5.41) is 7.72. The van der Waals surface area contributed by atoms with Gasteiger partial charge in [-0.05, 0) is 76.9 Å². The van der Waals surface area contributed by atoms with E-state index in [1.165, 1.54) is 18.6 Å². The molecular weight excluding hydrogens is 331 g/mol. The number of likely N-dealkylation sites (tertiary alicyclic amines) is 1. The van der Waals surface area contributed by atoms with Gasteiger partial charge in [0.05, 0.1) is 22.6 Å². The zero-order chi connectivity index (χ0) is 18.7. The molecule has 0 spiro atoms. The number of amides is 1. The Morgan fingerprint density at radius 1 is 1.23 bits per heavy atom. The number of hydrogen-bond acceptors (Lipinski definition) is 3. The van der Waals surface area contributed by atoms with E-state index in [4.69, 9.17) is 0 Å². The number of aryl methyl sites for hydroxylation is 1. The predicted octanol–water partition coefficient (Wildman–Crippen LogP) is 3.09. The average Bonchev–Trinajstić information content (AvgIpc) is 2.95. The van der Waals surface area contributed by atoms with Gasteiger partial charge in [-0.25, -0.2) is 9.07 Å². The number of benzene rings is 1. The third kappa shape index (κ3) is 3.80. The van der Waals surface area contributed by atoms with Crippen molar-refractivity contribution in [1.82, 2.24) is 20.0 Å². The number of carbonyl (C=O) groups is 1. The standard InChI is InChI=1S/C20H27FN4O/c1-14-19(15(2)25(23-14)18-6-4-17(21)5-7-18)20(26)24-12-9-16(10-13-24)8-11-22-3/h4-7,16,22H,8-13H2,1-3H3. The molecule has 0 radical (unpaired) electrons. The predicted molar refractivity (Wildman–Crippen MR) is 100 cm³/mol. The number of hydrogen-bond donors (Lipinski definition) is 1. The van der Waals surface area contributed by atoms with Crippen LogP contribution in [0.2, 0.25) is 0 Å². The van der Waals surface area contributed by atoms with Crippen LogP contribution >= 0.6 is 0 Å². The van der Waals surface area contributed by atoms with Gasteiger partial charge in [-0.3, -0.25) is 4.79 Å². The molecular formula is C20H27FN4O. The van der Waals surface area contributed by atoms with Crippen LogP contribution in [0.1, 0.15) is 41.0 Å². The van der Waals surface area contributed by atoms with Crippen LogP contribution < -0.4 is 5.32 Å². The average molecular weight is 358 g/mol. The fourth-order valence-electron chi connectivity index (χ4n) is 3.72. The van der Waals surface area contributed by atoms with Gasteiger partial charge in [0.1, 0.15) is 5.82 Å². The SMILES string of the molecule is CNCCC1CCN(C(=O)c2c(C)nn(-c3ccc(F)cc3)c2C)CC1. The molecule has 1 aromatic carbocycles. The first-order valence-electron chi connectivity index (χ1n) is 9.27. The largest absolute Gasteiger partial charge is 0.339 e. The first-order valence-corrected chi connectivity index (χ1v) is 9.27. The van der Waals surface area contributed by atoms with E-state index >= 15 is 0 Å². The highest BCUT2D eigenvalue weighted by molar-refractivity contribution is 5.96. The van der Waals surface area contributed by atoms with E-state index in [1.54, 1.807) is 16.8 Å². The second-order valence-corrected chi connectivity index (χ2v) is 7.06. The third-order valence-electron chi connectivity index (χ3n) is 5.28. The molecule has 0 saturated carbocycles. The Morgan fingerprint density at radius 3 is 2.50 bits per heavy atom. The molecule has 5 nitrogen and oxygen atoms in total. The van der Waals surface area contributed by atoms with Gasteiger partial charge in [0.15, 0.2) is 0 Å². The van der Waals surface area contributed by atoms with Gasteiger partial charge in [-0.1, -0.05) is 0 Å². The van der Waals surface area contributed by atoms with Gasteiger partial charge >= 0.3 is 0 Å². The molecule has 1 aliphatic rings. The van der Waals surface area contributed by atoms with Crippen molar-refractivity contribution in [3.05, 3.63) is 47.0 Å². The van der Waals surface area contributed by atoms with Crippen LogP contribution in [0, 0.1) is 25.6 Å². The molecule has 3 rings (SSSR count). The lowest BCUT2D eigenvalue weighted by Crippen LogP contribution is -2.39. The highest BCUT2D eigenvalue weighted by Crippen LogP contribution is 2.24. The fourth-order valence-corrected chi connectivity index (χ4v) is 3.72. The summed E-state index contributed by atoms with van der Waals surface area (Å²) in [7, 11) is 1.98. The Hall–Kier alpha value is -2.21. The van der Waals surface area contributed by atoms with E-state index < -0.39 is 0 Å². The Labute approximate surface area is 154 Å². The molecule has 2 heterocycles. The van der Waals surface area contributed by atoms with Gasteiger partial charge in [0.2, 0.25) is 0 Å². The topological polar surface area (TPSA) is 50.2 Å². The molecule has 26 heavy (non-hydrogen) atoms. The number of aromatic nitrogens is 2. The minimum atomic E-state index is -0.285. The lowest BCUT2D eigenvalue weighted by atomic mass is 9.93. The molecule has 1 fully saturated rings. The normalized spacial score (nSPS) is 15.5. The maximum atomic E-state index is 13.2. The van der Waals surface area contributed by atoms with E-state index in [1.807, 2.05) is 25.8 Å². The summed E-state index contributed by atoms with van der Waals surface area (Å²) in [6.45, 7) is 6.39. The van der Waals surface area contributed by atoms with Crippen LogP contribution in [-0.2, 0) is 0 Å². The molecule has 6 heteroatoms. The lowest BCUT2D eigenvalue weighted by Gasteiger charge is -2.32. The first kappa shape index (κ1) is 18.6. The highest BCUT2D eigenvalue weighted by Gasteiger charge is 2.27. The van der Waals surface area contributed by atoms with Gasteiger partial charge in [-0.2, -0.15) is 5.10 Å². The van der Waals surface area contributed by atoms with Crippen LogP contribution in [0.4, 0.5) is 4.39 Å². The van der Waals surface area contributed by atoms with Crippen molar-refractivity contribution in [2.45, 2.75) is 33.1 Å².